The molecule has 0 spiro atoms. The van der Waals surface area contributed by atoms with Gasteiger partial charge in [-0.25, -0.2) is 4.68 Å². The van der Waals surface area contributed by atoms with Gasteiger partial charge in [0.2, 0.25) is 5.95 Å². The number of hydrogen-bond acceptors (Lipinski definition) is 4. The Morgan fingerprint density at radius 3 is 2.44 bits per heavy atom. The molecule has 1 aliphatic rings. The number of carbonyl (C=O) groups excluding carboxylic acids is 1. The van der Waals surface area contributed by atoms with Gasteiger partial charge in [-0.15, -0.1) is 0 Å². The Balaban J connectivity index is 1.68. The standard InChI is InChI=1S/C26H24N4O2/c1-18-10-6-7-13-20(18)25(31)29-22(19-11-4-3-5-12-19)16-23(30-26(29)27-17-28-30)21-14-8-9-15-24(21)32-2/h3-15,17,22-23H,16H2,1-2H3. The second-order valence-electron chi connectivity index (χ2n) is 7.91. The molecule has 1 amide bonds. The number of rotatable bonds is 4. The van der Waals surface area contributed by atoms with Crippen LogP contribution in [0.25, 0.3) is 0 Å². The van der Waals surface area contributed by atoms with Gasteiger partial charge in [-0.1, -0.05) is 66.7 Å². The normalized spacial score (nSPS) is 17.6. The zero-order chi connectivity index (χ0) is 22.1. The molecule has 0 bridgehead atoms. The Kier molecular flexibility index (Phi) is 5.19. The highest BCUT2D eigenvalue weighted by Crippen LogP contribution is 2.44. The molecule has 4 aromatic rings. The molecule has 0 saturated heterocycles. The third-order valence-corrected chi connectivity index (χ3v) is 6.10. The Hall–Kier alpha value is -3.93. The molecule has 1 aliphatic heterocycles. The fourth-order valence-electron chi connectivity index (χ4n) is 4.53. The first-order valence-electron chi connectivity index (χ1n) is 10.7. The van der Waals surface area contributed by atoms with Crippen LogP contribution in [0.3, 0.4) is 0 Å². The van der Waals surface area contributed by atoms with Crippen molar-refractivity contribution in [2.45, 2.75) is 25.4 Å². The third-order valence-electron chi connectivity index (χ3n) is 6.10. The van der Waals surface area contributed by atoms with Gasteiger partial charge in [0.15, 0.2) is 0 Å². The number of aromatic nitrogens is 3. The Labute approximate surface area is 187 Å². The molecule has 5 rings (SSSR count). The highest BCUT2D eigenvalue weighted by molar-refractivity contribution is 6.06. The van der Waals surface area contributed by atoms with Gasteiger partial charge < -0.3 is 4.74 Å². The van der Waals surface area contributed by atoms with Gasteiger partial charge >= 0.3 is 0 Å². The van der Waals surface area contributed by atoms with Crippen molar-refractivity contribution in [2.75, 3.05) is 12.0 Å². The van der Waals surface area contributed by atoms with Gasteiger partial charge in [-0.05, 0) is 36.6 Å². The van der Waals surface area contributed by atoms with Gasteiger partial charge in [0.1, 0.15) is 12.1 Å². The van der Waals surface area contributed by atoms with E-state index < -0.39 is 0 Å². The van der Waals surface area contributed by atoms with Crippen LogP contribution in [-0.4, -0.2) is 27.8 Å². The number of anilines is 1. The van der Waals surface area contributed by atoms with E-state index in [0.29, 0.717) is 17.9 Å². The molecular weight excluding hydrogens is 400 g/mol. The summed E-state index contributed by atoms with van der Waals surface area (Å²) < 4.78 is 7.49. The van der Waals surface area contributed by atoms with Crippen LogP contribution in [0.2, 0.25) is 0 Å². The topological polar surface area (TPSA) is 60.2 Å². The number of aryl methyl sites for hydroxylation is 1. The fourth-order valence-corrected chi connectivity index (χ4v) is 4.53. The summed E-state index contributed by atoms with van der Waals surface area (Å²) in [7, 11) is 1.67. The maximum Gasteiger partial charge on any atom is 0.261 e. The van der Waals surface area contributed by atoms with Crippen molar-refractivity contribution in [3.63, 3.8) is 0 Å². The summed E-state index contributed by atoms with van der Waals surface area (Å²) >= 11 is 0. The Morgan fingerprint density at radius 2 is 1.66 bits per heavy atom. The molecule has 6 heteroatoms. The van der Waals surface area contributed by atoms with Crippen LogP contribution in [0, 0.1) is 6.92 Å². The molecular formula is C26H24N4O2. The number of hydrogen-bond donors (Lipinski definition) is 0. The van der Waals surface area contributed by atoms with E-state index in [-0.39, 0.29) is 18.0 Å². The molecule has 0 aliphatic carbocycles. The fraction of sp³-hybridized carbons (Fsp3) is 0.192. The van der Waals surface area contributed by atoms with Crippen molar-refractivity contribution >= 4 is 11.9 Å². The molecule has 2 heterocycles. The van der Waals surface area contributed by atoms with Crippen molar-refractivity contribution in [2.24, 2.45) is 0 Å². The molecule has 6 nitrogen and oxygen atoms in total. The lowest BCUT2D eigenvalue weighted by Gasteiger charge is -2.39. The minimum atomic E-state index is -0.199. The van der Waals surface area contributed by atoms with Crippen molar-refractivity contribution in [3.8, 4) is 5.75 Å². The van der Waals surface area contributed by atoms with E-state index in [1.165, 1.54) is 6.33 Å². The van der Waals surface area contributed by atoms with Crippen LogP contribution >= 0.6 is 0 Å². The monoisotopic (exact) mass is 424 g/mol. The van der Waals surface area contributed by atoms with Gasteiger partial charge in [0, 0.05) is 11.1 Å². The lowest BCUT2D eigenvalue weighted by atomic mass is 9.91. The van der Waals surface area contributed by atoms with E-state index in [2.05, 4.69) is 28.3 Å². The number of benzene rings is 3. The van der Waals surface area contributed by atoms with Crippen LogP contribution in [0.15, 0.2) is 85.2 Å². The number of para-hydroxylation sites is 1. The quantitative estimate of drug-likeness (QED) is 0.464. The molecule has 0 saturated carbocycles. The molecule has 0 fully saturated rings. The maximum atomic E-state index is 13.9. The lowest BCUT2D eigenvalue weighted by molar-refractivity contribution is 0.0962. The summed E-state index contributed by atoms with van der Waals surface area (Å²) in [6.45, 7) is 1.96. The predicted octanol–water partition coefficient (Wildman–Crippen LogP) is 4.98. The Bertz CT molecular complexity index is 1250. The first kappa shape index (κ1) is 20.0. The molecule has 32 heavy (non-hydrogen) atoms. The van der Waals surface area contributed by atoms with E-state index in [9.17, 15) is 4.79 Å². The van der Waals surface area contributed by atoms with E-state index >= 15 is 0 Å². The zero-order valence-corrected chi connectivity index (χ0v) is 18.1. The average molecular weight is 425 g/mol. The van der Waals surface area contributed by atoms with Crippen molar-refractivity contribution < 1.29 is 9.53 Å². The van der Waals surface area contributed by atoms with E-state index in [1.54, 1.807) is 12.0 Å². The molecule has 0 N–H and O–H groups in total. The van der Waals surface area contributed by atoms with Crippen LogP contribution in [0.1, 0.15) is 45.6 Å². The van der Waals surface area contributed by atoms with E-state index in [1.807, 2.05) is 72.3 Å². The van der Waals surface area contributed by atoms with Crippen molar-refractivity contribution in [3.05, 3.63) is 107 Å². The molecule has 3 aromatic carbocycles. The Morgan fingerprint density at radius 1 is 0.938 bits per heavy atom. The number of methoxy groups -OCH3 is 1. The molecule has 0 radical (unpaired) electrons. The number of nitrogens with zero attached hydrogens (tertiary/aromatic N) is 4. The second-order valence-corrected chi connectivity index (χ2v) is 7.91. The first-order chi connectivity index (χ1) is 15.7. The summed E-state index contributed by atoms with van der Waals surface area (Å²) in [5.41, 5.74) is 3.68. The highest BCUT2D eigenvalue weighted by Gasteiger charge is 2.40. The van der Waals surface area contributed by atoms with Crippen molar-refractivity contribution in [1.82, 2.24) is 14.8 Å². The van der Waals surface area contributed by atoms with Gasteiger partial charge in [0.05, 0.1) is 19.2 Å². The predicted molar refractivity (Wildman–Crippen MR) is 123 cm³/mol. The summed E-state index contributed by atoms with van der Waals surface area (Å²) in [5.74, 6) is 1.25. The summed E-state index contributed by atoms with van der Waals surface area (Å²) in [6.07, 6.45) is 2.17. The summed E-state index contributed by atoms with van der Waals surface area (Å²) in [4.78, 5) is 20.2. The van der Waals surface area contributed by atoms with Crippen LogP contribution < -0.4 is 9.64 Å². The number of carbonyl (C=O) groups is 1. The number of fused-ring (bicyclic) bond motifs is 1. The van der Waals surface area contributed by atoms with Gasteiger partial charge in [0.25, 0.3) is 5.91 Å². The molecule has 2 unspecified atom stereocenters. The largest absolute Gasteiger partial charge is 0.496 e. The molecule has 2 atom stereocenters. The van der Waals surface area contributed by atoms with Crippen LogP contribution in [-0.2, 0) is 0 Å². The number of ether oxygens (including phenoxy) is 1. The van der Waals surface area contributed by atoms with E-state index in [4.69, 9.17) is 4.74 Å². The summed E-state index contributed by atoms with van der Waals surface area (Å²) in [6, 6.07) is 25.4. The highest BCUT2D eigenvalue weighted by atomic mass is 16.5. The minimum Gasteiger partial charge on any atom is -0.496 e. The van der Waals surface area contributed by atoms with Crippen molar-refractivity contribution in [1.29, 1.82) is 0 Å². The lowest BCUT2D eigenvalue weighted by Crippen LogP contribution is -2.43. The SMILES string of the molecule is COc1ccccc1C1CC(c2ccccc2)N(C(=O)c2ccccc2C)c2ncnn21. The first-order valence-corrected chi connectivity index (χ1v) is 10.7. The second kappa shape index (κ2) is 8.30. The summed E-state index contributed by atoms with van der Waals surface area (Å²) in [5, 5.41) is 4.52. The third kappa shape index (κ3) is 3.34. The maximum absolute atomic E-state index is 13.9. The minimum absolute atomic E-state index is 0.0790. The van der Waals surface area contributed by atoms with E-state index in [0.717, 1.165) is 22.4 Å². The van der Waals surface area contributed by atoms with Crippen LogP contribution in [0.4, 0.5) is 5.95 Å². The van der Waals surface area contributed by atoms with Gasteiger partial charge in [-0.3, -0.25) is 9.69 Å². The van der Waals surface area contributed by atoms with Crippen LogP contribution in [0.5, 0.6) is 5.75 Å². The van der Waals surface area contributed by atoms with Gasteiger partial charge in [-0.2, -0.15) is 10.1 Å². The number of amides is 1. The molecule has 1 aromatic heterocycles. The molecule has 160 valence electrons. The average Bonchev–Trinajstić information content (AvgIpc) is 3.33. The smallest absolute Gasteiger partial charge is 0.261 e. The zero-order valence-electron chi connectivity index (χ0n) is 18.1.